The van der Waals surface area contributed by atoms with Crippen molar-refractivity contribution in [3.05, 3.63) is 68.7 Å². The Morgan fingerprint density at radius 1 is 1.25 bits per heavy atom. The third-order valence-corrected chi connectivity index (χ3v) is 5.69. The third kappa shape index (κ3) is 3.15. The Hall–Kier alpha value is -2.48. The Bertz CT molecular complexity index is 946. The lowest BCUT2D eigenvalue weighted by Crippen LogP contribution is -2.49. The van der Waals surface area contributed by atoms with Crippen LogP contribution in [0.2, 0.25) is 5.02 Å². The van der Waals surface area contributed by atoms with E-state index < -0.39 is 28.7 Å². The summed E-state index contributed by atoms with van der Waals surface area (Å²) in [4.78, 5) is 23.4. The maximum atomic E-state index is 12.9. The number of nitro groups is 1. The van der Waals surface area contributed by atoms with Crippen LogP contribution in [-0.2, 0) is 14.3 Å². The van der Waals surface area contributed by atoms with Gasteiger partial charge in [0.25, 0.3) is 5.69 Å². The fourth-order valence-corrected chi connectivity index (χ4v) is 4.16. The van der Waals surface area contributed by atoms with Gasteiger partial charge in [0.15, 0.2) is 5.79 Å². The number of nitrogens with zero attached hydrogens (tertiary/aromatic N) is 1. The van der Waals surface area contributed by atoms with Gasteiger partial charge in [-0.15, -0.1) is 0 Å². The molecule has 2 aliphatic heterocycles. The molecule has 0 aliphatic carbocycles. The van der Waals surface area contributed by atoms with E-state index in [-0.39, 0.29) is 11.6 Å². The van der Waals surface area contributed by atoms with Crippen LogP contribution < -0.4 is 4.74 Å². The smallest absolute Gasteiger partial charge is 0.317 e. The third-order valence-electron chi connectivity index (χ3n) is 5.45. The largest absolute Gasteiger partial charge is 0.426 e. The molecule has 2 aromatic rings. The molecule has 0 N–H and O–H groups in total. The van der Waals surface area contributed by atoms with Crippen LogP contribution >= 0.6 is 11.6 Å². The highest BCUT2D eigenvalue weighted by Gasteiger charge is 2.52. The first kappa shape index (κ1) is 18.9. The van der Waals surface area contributed by atoms with E-state index in [2.05, 4.69) is 0 Å². The van der Waals surface area contributed by atoms with E-state index in [4.69, 9.17) is 25.8 Å². The molecule has 0 aromatic heterocycles. The van der Waals surface area contributed by atoms with Crippen molar-refractivity contribution in [1.82, 2.24) is 0 Å². The van der Waals surface area contributed by atoms with E-state index in [0.29, 0.717) is 22.8 Å². The van der Waals surface area contributed by atoms with Gasteiger partial charge in [-0.05, 0) is 30.7 Å². The van der Waals surface area contributed by atoms with Crippen LogP contribution in [-0.4, -0.2) is 23.8 Å². The van der Waals surface area contributed by atoms with E-state index in [1.165, 1.54) is 12.1 Å². The molecule has 1 fully saturated rings. The molecule has 146 valence electrons. The molecule has 0 saturated carbocycles. The van der Waals surface area contributed by atoms with Gasteiger partial charge in [-0.1, -0.05) is 23.7 Å². The predicted octanol–water partition coefficient (Wildman–Crippen LogP) is 4.39. The first-order valence-corrected chi connectivity index (χ1v) is 9.17. The summed E-state index contributed by atoms with van der Waals surface area (Å²) in [6, 6.07) is 11.2. The molecule has 0 amide bonds. The minimum Gasteiger partial charge on any atom is -0.426 e. The quantitative estimate of drug-likeness (QED) is 0.327. The maximum Gasteiger partial charge on any atom is 0.317 e. The van der Waals surface area contributed by atoms with Crippen LogP contribution in [0.5, 0.6) is 5.75 Å². The zero-order valence-corrected chi connectivity index (χ0v) is 16.0. The van der Waals surface area contributed by atoms with Crippen LogP contribution in [0, 0.1) is 16.0 Å². The second-order valence-corrected chi connectivity index (χ2v) is 7.60. The Balaban J connectivity index is 1.80. The van der Waals surface area contributed by atoms with Crippen molar-refractivity contribution >= 4 is 23.3 Å². The summed E-state index contributed by atoms with van der Waals surface area (Å²) in [5.74, 6) is -1.84. The van der Waals surface area contributed by atoms with Gasteiger partial charge < -0.3 is 14.2 Å². The molecule has 0 bridgehead atoms. The highest BCUT2D eigenvalue weighted by molar-refractivity contribution is 6.30. The molecule has 7 nitrogen and oxygen atoms in total. The Morgan fingerprint density at radius 2 is 1.96 bits per heavy atom. The lowest BCUT2D eigenvalue weighted by molar-refractivity contribution is -0.384. The standard InChI is InChI=1S/C20H18ClNO6/c1-20(26-2)10-15(11-3-6-13(7-4-11)22(24)25)17-18(28-20)14-9-12(21)5-8-16(14)27-19(17)23/h3-9,15,17-18H,10H2,1-2H3. The summed E-state index contributed by atoms with van der Waals surface area (Å²) in [6.45, 7) is 1.81. The van der Waals surface area contributed by atoms with Gasteiger partial charge in [0.1, 0.15) is 11.9 Å². The highest BCUT2D eigenvalue weighted by atomic mass is 35.5. The van der Waals surface area contributed by atoms with Gasteiger partial charge in [0, 0.05) is 42.2 Å². The van der Waals surface area contributed by atoms with Crippen molar-refractivity contribution in [1.29, 1.82) is 0 Å². The molecule has 4 atom stereocenters. The summed E-state index contributed by atoms with van der Waals surface area (Å²) in [6.07, 6.45) is -0.207. The number of fused-ring (bicyclic) bond motifs is 3. The number of carbonyl (C=O) groups is 1. The number of ether oxygens (including phenoxy) is 3. The summed E-state index contributed by atoms with van der Waals surface area (Å²) in [7, 11) is 1.55. The Kier molecular flexibility index (Phi) is 4.61. The highest BCUT2D eigenvalue weighted by Crippen LogP contribution is 2.53. The normalized spacial score (nSPS) is 28.8. The second-order valence-electron chi connectivity index (χ2n) is 7.16. The van der Waals surface area contributed by atoms with Crippen molar-refractivity contribution in [3.8, 4) is 5.75 Å². The first-order valence-electron chi connectivity index (χ1n) is 8.80. The van der Waals surface area contributed by atoms with Gasteiger partial charge in [0.05, 0.1) is 10.8 Å². The molecule has 28 heavy (non-hydrogen) atoms. The Labute approximate surface area is 166 Å². The number of hydrogen-bond donors (Lipinski definition) is 0. The number of hydrogen-bond acceptors (Lipinski definition) is 6. The van der Waals surface area contributed by atoms with Crippen LogP contribution in [0.15, 0.2) is 42.5 Å². The van der Waals surface area contributed by atoms with E-state index in [1.54, 1.807) is 37.4 Å². The lowest BCUT2D eigenvalue weighted by atomic mass is 9.73. The Morgan fingerprint density at radius 3 is 2.61 bits per heavy atom. The van der Waals surface area contributed by atoms with Gasteiger partial charge in [-0.2, -0.15) is 0 Å². The van der Waals surface area contributed by atoms with Crippen LogP contribution in [0.25, 0.3) is 0 Å². The minimum absolute atomic E-state index is 0.00906. The maximum absolute atomic E-state index is 12.9. The van der Waals surface area contributed by atoms with Crippen molar-refractivity contribution in [2.45, 2.75) is 31.2 Å². The van der Waals surface area contributed by atoms with Gasteiger partial charge in [-0.3, -0.25) is 14.9 Å². The summed E-state index contributed by atoms with van der Waals surface area (Å²) in [5, 5.41) is 11.5. The zero-order chi connectivity index (χ0) is 20.1. The molecular weight excluding hydrogens is 386 g/mol. The minimum atomic E-state index is -0.940. The molecule has 2 aliphatic rings. The lowest BCUT2D eigenvalue weighted by Gasteiger charge is -2.47. The summed E-state index contributed by atoms with van der Waals surface area (Å²) in [5.41, 5.74) is 1.46. The molecule has 8 heteroatoms. The molecule has 1 saturated heterocycles. The van der Waals surface area contributed by atoms with Crippen LogP contribution in [0.3, 0.4) is 0 Å². The van der Waals surface area contributed by atoms with E-state index >= 15 is 0 Å². The average molecular weight is 404 g/mol. The van der Waals surface area contributed by atoms with E-state index in [0.717, 1.165) is 5.56 Å². The number of benzene rings is 2. The van der Waals surface area contributed by atoms with Gasteiger partial charge in [0.2, 0.25) is 0 Å². The number of nitro benzene ring substituents is 1. The van der Waals surface area contributed by atoms with Crippen molar-refractivity contribution < 1.29 is 23.9 Å². The molecule has 2 heterocycles. The fraction of sp³-hybridized carbons (Fsp3) is 0.350. The number of methoxy groups -OCH3 is 1. The molecule has 0 radical (unpaired) electrons. The summed E-state index contributed by atoms with van der Waals surface area (Å²) < 4.78 is 17.4. The van der Waals surface area contributed by atoms with Crippen molar-refractivity contribution in [2.75, 3.05) is 7.11 Å². The number of non-ortho nitro benzene ring substituents is 1. The van der Waals surface area contributed by atoms with E-state index in [9.17, 15) is 14.9 Å². The average Bonchev–Trinajstić information content (AvgIpc) is 2.68. The number of rotatable bonds is 3. The van der Waals surface area contributed by atoms with E-state index in [1.807, 2.05) is 6.92 Å². The number of esters is 1. The predicted molar refractivity (Wildman–Crippen MR) is 100 cm³/mol. The molecule has 4 unspecified atom stereocenters. The zero-order valence-electron chi connectivity index (χ0n) is 15.3. The van der Waals surface area contributed by atoms with Crippen LogP contribution in [0.4, 0.5) is 5.69 Å². The first-order chi connectivity index (χ1) is 13.3. The topological polar surface area (TPSA) is 87.9 Å². The monoisotopic (exact) mass is 403 g/mol. The molecule has 4 rings (SSSR count). The number of carbonyl (C=O) groups excluding carboxylic acids is 1. The fourth-order valence-electron chi connectivity index (χ4n) is 3.98. The molecular formula is C20H18ClNO6. The van der Waals surface area contributed by atoms with Gasteiger partial charge >= 0.3 is 5.97 Å². The molecule has 0 spiro atoms. The molecule has 2 aromatic carbocycles. The second kappa shape index (κ2) is 6.84. The van der Waals surface area contributed by atoms with Crippen molar-refractivity contribution in [3.63, 3.8) is 0 Å². The van der Waals surface area contributed by atoms with Crippen LogP contribution in [0.1, 0.15) is 36.5 Å². The van der Waals surface area contributed by atoms with Crippen molar-refractivity contribution in [2.24, 2.45) is 5.92 Å². The SMILES string of the molecule is COC1(C)CC(c2ccc([N+](=O)[O-])cc2)C2C(=O)Oc3ccc(Cl)cc3C2O1. The summed E-state index contributed by atoms with van der Waals surface area (Å²) >= 11 is 6.16. The van der Waals surface area contributed by atoms with Gasteiger partial charge in [-0.25, -0.2) is 0 Å². The number of halogens is 1.